The summed E-state index contributed by atoms with van der Waals surface area (Å²) in [5.41, 5.74) is 1.24. The van der Waals surface area contributed by atoms with Crippen molar-refractivity contribution in [1.29, 1.82) is 0 Å². The zero-order valence-electron chi connectivity index (χ0n) is 67.7. The van der Waals surface area contributed by atoms with Crippen LogP contribution >= 0.6 is 0 Å². The molecule has 0 saturated carbocycles. The van der Waals surface area contributed by atoms with Gasteiger partial charge in [0, 0.05) is 143 Å². The van der Waals surface area contributed by atoms with Gasteiger partial charge in [0.25, 0.3) is 11.8 Å². The number of carbonyl (C=O) groups is 12. The summed E-state index contributed by atoms with van der Waals surface area (Å²) in [4.78, 5) is 154. The number of aliphatic hydroxyl groups is 2. The van der Waals surface area contributed by atoms with E-state index in [0.717, 1.165) is 82.1 Å². The number of sulfone groups is 2. The Bertz CT molecular complexity index is 4100. The lowest BCUT2D eigenvalue weighted by molar-refractivity contribution is -0.202. The number of carbonyl (C=O) groups excluding carboxylic acids is 12. The maximum absolute atomic E-state index is 14.2. The third-order valence-corrected chi connectivity index (χ3v) is 23.5. The molecule has 4 aromatic rings. The molecule has 4 N–H and O–H groups in total. The largest absolute Gasteiger partial charge is 0.462 e. The van der Waals surface area contributed by atoms with Crippen LogP contribution in [0.4, 0.5) is 22.7 Å². The van der Waals surface area contributed by atoms with Crippen LogP contribution in [-0.4, -0.2) is 213 Å². The highest BCUT2D eigenvalue weighted by atomic mass is 32.2. The number of hydrogen-bond donors (Lipinski definition) is 4. The number of esters is 10. The smallest absolute Gasteiger partial charge is 0.303 e. The van der Waals surface area contributed by atoms with Gasteiger partial charge in [0.15, 0.2) is 56.3 Å². The van der Waals surface area contributed by atoms with Crippen LogP contribution in [0.25, 0.3) is 0 Å². The summed E-state index contributed by atoms with van der Waals surface area (Å²) >= 11 is 0. The van der Waals surface area contributed by atoms with Gasteiger partial charge in [0.05, 0.1) is 33.5 Å². The van der Waals surface area contributed by atoms with Crippen molar-refractivity contribution in [3.05, 3.63) is 107 Å². The Kier molecular flexibility index (Phi) is 34.7. The van der Waals surface area contributed by atoms with E-state index in [-0.39, 0.29) is 32.7 Å². The summed E-state index contributed by atoms with van der Waals surface area (Å²) in [6.45, 7) is 16.4. The molecule has 4 aromatic carbocycles. The first-order chi connectivity index (χ1) is 53.3. The lowest BCUT2D eigenvalue weighted by Gasteiger charge is -2.39. The van der Waals surface area contributed by atoms with Gasteiger partial charge in [-0.25, -0.2) is 16.8 Å². The maximum atomic E-state index is 14.2. The molecule has 2 aliphatic rings. The van der Waals surface area contributed by atoms with Crippen LogP contribution in [0, 0.1) is 10.8 Å². The van der Waals surface area contributed by atoms with E-state index in [0.29, 0.717) is 72.2 Å². The first-order valence-electron chi connectivity index (χ1n) is 37.2. The standard InChI is InChI=1S/2C40H54N2O14S/c2*1-10-12-18-40(11-2)22-57(50,51)33-17-16-30(42(8)9)20-31(33)34(38(40)48)28-14-13-15-29(19-28)41-39(49)37(56-27(7)47)36(55-26(6)46)35(54-25(5)45)32(53-24(4)44)21-52-23(3)43/h2*13-17,19-20,32,34-38,48H,10-12,18,21-22H2,1-9H3,(H,41,49)/t2*32-,34-,35-,36+,37-,38-,40-/m11/s1. The number of unbranched alkanes of at least 4 members (excludes halogenated alkanes) is 2. The molecule has 6 rings (SSSR count). The molecular formula is C80H108N4O28S2. The van der Waals surface area contributed by atoms with E-state index in [2.05, 4.69) is 10.6 Å². The molecule has 2 aliphatic heterocycles. The van der Waals surface area contributed by atoms with Crippen LogP contribution in [-0.2, 0) is 125 Å². The van der Waals surface area contributed by atoms with Gasteiger partial charge in [0.1, 0.15) is 13.2 Å². The van der Waals surface area contributed by atoms with Gasteiger partial charge >= 0.3 is 59.7 Å². The third-order valence-electron chi connectivity index (χ3n) is 19.5. The zero-order valence-corrected chi connectivity index (χ0v) is 69.3. The van der Waals surface area contributed by atoms with E-state index >= 15 is 0 Å². The van der Waals surface area contributed by atoms with Gasteiger partial charge in [-0.05, 0) is 109 Å². The number of hydrogen-bond acceptors (Lipinski definition) is 30. The molecule has 34 heteroatoms. The zero-order chi connectivity index (χ0) is 85.7. The average molecular weight is 1640 g/mol. The number of rotatable bonds is 34. The molecule has 0 fully saturated rings. The number of anilines is 4. The fraction of sp³-hybridized carbons (Fsp3) is 0.550. The second-order valence-corrected chi connectivity index (χ2v) is 32.6. The monoisotopic (exact) mass is 1640 g/mol. The Labute approximate surface area is 665 Å². The minimum Gasteiger partial charge on any atom is -0.462 e. The van der Waals surface area contributed by atoms with Crippen LogP contribution in [0.5, 0.6) is 0 Å². The van der Waals surface area contributed by atoms with Crippen molar-refractivity contribution in [3.8, 4) is 0 Å². The summed E-state index contributed by atoms with van der Waals surface area (Å²) in [6, 6.07) is 22.7. The van der Waals surface area contributed by atoms with Gasteiger partial charge < -0.3 is 78.0 Å². The molecule has 0 radical (unpaired) electrons. The van der Waals surface area contributed by atoms with Crippen LogP contribution < -0.4 is 20.4 Å². The van der Waals surface area contributed by atoms with Gasteiger partial charge in [-0.15, -0.1) is 0 Å². The summed E-state index contributed by atoms with van der Waals surface area (Å²) in [5.74, 6) is -13.9. The fourth-order valence-corrected chi connectivity index (χ4v) is 18.8. The minimum absolute atomic E-state index is 0.0881. The molecule has 0 spiro atoms. The Hall–Kier alpha value is -10.1. The van der Waals surface area contributed by atoms with Gasteiger partial charge in [-0.2, -0.15) is 0 Å². The van der Waals surface area contributed by atoms with E-state index in [4.69, 9.17) is 47.4 Å². The molecule has 32 nitrogen and oxygen atoms in total. The van der Waals surface area contributed by atoms with Crippen molar-refractivity contribution in [3.63, 3.8) is 0 Å². The first-order valence-corrected chi connectivity index (χ1v) is 40.5. The maximum Gasteiger partial charge on any atom is 0.303 e. The highest BCUT2D eigenvalue weighted by Gasteiger charge is 2.53. The second-order valence-electron chi connectivity index (χ2n) is 28.7. The van der Waals surface area contributed by atoms with E-state index in [9.17, 15) is 84.6 Å². The highest BCUT2D eigenvalue weighted by Crippen LogP contribution is 2.52. The number of amides is 2. The Morgan fingerprint density at radius 3 is 1.00 bits per heavy atom. The van der Waals surface area contributed by atoms with E-state index in [1.54, 1.807) is 72.8 Å². The Morgan fingerprint density at radius 2 is 0.728 bits per heavy atom. The lowest BCUT2D eigenvalue weighted by atomic mass is 9.69. The summed E-state index contributed by atoms with van der Waals surface area (Å²) in [6.07, 6.45) is -12.8. The second kappa shape index (κ2) is 41.8. The normalized spacial score (nSPS) is 20.5. The molecule has 0 saturated heterocycles. The number of ether oxygens (including phenoxy) is 10. The third kappa shape index (κ3) is 25.5. The van der Waals surface area contributed by atoms with Gasteiger partial charge in [-0.3, -0.25) is 57.5 Å². The molecule has 0 unspecified atom stereocenters. The fourth-order valence-electron chi connectivity index (χ4n) is 14.2. The summed E-state index contributed by atoms with van der Waals surface area (Å²) in [5, 5.41) is 30.1. The number of nitrogens with zero attached hydrogens (tertiary/aromatic N) is 2. The van der Waals surface area contributed by atoms with Crippen LogP contribution in [0.1, 0.15) is 182 Å². The summed E-state index contributed by atoms with van der Waals surface area (Å²) in [7, 11) is -0.536. The number of nitrogens with one attached hydrogen (secondary N) is 2. The van der Waals surface area contributed by atoms with E-state index in [1.807, 2.05) is 65.7 Å². The Balaban J connectivity index is 0.000000407. The minimum atomic E-state index is -3.89. The van der Waals surface area contributed by atoms with Crippen LogP contribution in [0.2, 0.25) is 0 Å². The van der Waals surface area contributed by atoms with Crippen molar-refractivity contribution >= 4 is 114 Å². The lowest BCUT2D eigenvalue weighted by Crippen LogP contribution is -2.56. The van der Waals surface area contributed by atoms with Crippen molar-refractivity contribution < 1.29 is 132 Å². The number of aliphatic hydroxyl groups excluding tert-OH is 2. The molecule has 2 amide bonds. The van der Waals surface area contributed by atoms with Gasteiger partial charge in [0.2, 0.25) is 12.2 Å². The van der Waals surface area contributed by atoms with Crippen molar-refractivity contribution in [2.45, 2.75) is 231 Å². The molecule has 14 atom stereocenters. The topological polar surface area (TPSA) is 436 Å². The molecule has 628 valence electrons. The summed E-state index contributed by atoms with van der Waals surface area (Å²) < 4.78 is 109. The van der Waals surface area contributed by atoms with E-state index < -0.39 is 188 Å². The first kappa shape index (κ1) is 94.5. The van der Waals surface area contributed by atoms with Crippen molar-refractivity contribution in [2.24, 2.45) is 10.8 Å². The van der Waals surface area contributed by atoms with Crippen molar-refractivity contribution in [1.82, 2.24) is 0 Å². The van der Waals surface area contributed by atoms with Crippen LogP contribution in [0.3, 0.4) is 0 Å². The molecule has 114 heavy (non-hydrogen) atoms. The Morgan fingerprint density at radius 1 is 0.421 bits per heavy atom. The molecular weight excluding hydrogens is 1530 g/mol. The SMILES string of the molecule is CCCC[C@]1(CC)CS(=O)(=O)c2ccc(N(C)C)cc2[C@@H](c2cccc(NC(=O)[C@H](OC(C)=O)[C@@H](OC(C)=O)[C@H](OC(C)=O)[C@@H](COC(C)=O)OC(C)=O)c2)[C@H]1O.CCCC[C@]1(CC)CS(=O)(=O)c2ccc(N(C)C)cc2[C@@H](c2cccc(NC(=O)[C@H](OC(C)=O)[C@@H](OC(C)=O)[C@H](OC(C)=O)[C@@H](COC(C)=O)OC(C)=O)c2)[C@H]1O. The molecule has 2 heterocycles. The average Bonchev–Trinajstić information content (AvgIpc) is 1.59. The van der Waals surface area contributed by atoms with Crippen molar-refractivity contribution in [2.75, 3.05) is 73.3 Å². The molecule has 0 aromatic heterocycles. The molecule has 0 aliphatic carbocycles. The predicted molar refractivity (Wildman–Crippen MR) is 414 cm³/mol. The van der Waals surface area contributed by atoms with Gasteiger partial charge in [-0.1, -0.05) is 77.6 Å². The predicted octanol–water partition coefficient (Wildman–Crippen LogP) is 7.70. The molecule has 0 bridgehead atoms. The number of benzene rings is 4. The number of fused-ring (bicyclic) bond motifs is 2. The quantitative estimate of drug-likeness (QED) is 0.0257. The highest BCUT2D eigenvalue weighted by molar-refractivity contribution is 7.91. The van der Waals surface area contributed by atoms with Crippen LogP contribution in [0.15, 0.2) is 94.7 Å². The van der Waals surface area contributed by atoms with E-state index in [1.165, 1.54) is 12.1 Å².